The molecular weight excluding hydrogens is 128 g/mol. The van der Waals surface area contributed by atoms with Gasteiger partial charge >= 0.3 is 0 Å². The highest BCUT2D eigenvalue weighted by atomic mass is 16.3. The zero-order chi connectivity index (χ0) is 7.98. The fraction of sp³-hybridized carbons (Fsp3) is 1.00. The topological polar surface area (TPSA) is 72.3 Å². The first-order valence-electron chi connectivity index (χ1n) is 3.84. The molecule has 0 aromatic carbocycles. The number of hydrogen-bond acceptors (Lipinski definition) is 3. The molecular formula is C7H18N2O. The average molecular weight is 146 g/mol. The van der Waals surface area contributed by atoms with Gasteiger partial charge in [-0.1, -0.05) is 13.3 Å². The van der Waals surface area contributed by atoms with Crippen LogP contribution in [0.3, 0.4) is 0 Å². The molecule has 2 unspecified atom stereocenters. The van der Waals surface area contributed by atoms with E-state index in [-0.39, 0.29) is 12.1 Å². The summed E-state index contributed by atoms with van der Waals surface area (Å²) in [7, 11) is 0. The van der Waals surface area contributed by atoms with Crippen LogP contribution in [0.25, 0.3) is 0 Å². The lowest BCUT2D eigenvalue weighted by Gasteiger charge is -2.13. The smallest absolute Gasteiger partial charge is 0.0555 e. The highest BCUT2D eigenvalue weighted by molar-refractivity contribution is 4.67. The lowest BCUT2D eigenvalue weighted by molar-refractivity contribution is 0.146. The fourth-order valence-corrected chi connectivity index (χ4v) is 0.897. The standard InChI is InChI=1S/C7H18N2O/c1-2-3-7(10)4-6(9)5-8/h6-7,10H,2-5,8-9H2,1H3. The monoisotopic (exact) mass is 146 g/mol. The van der Waals surface area contributed by atoms with E-state index < -0.39 is 0 Å². The largest absolute Gasteiger partial charge is 0.393 e. The van der Waals surface area contributed by atoms with Crippen LogP contribution in [0.4, 0.5) is 0 Å². The third kappa shape index (κ3) is 4.73. The van der Waals surface area contributed by atoms with E-state index in [4.69, 9.17) is 11.5 Å². The highest BCUT2D eigenvalue weighted by Crippen LogP contribution is 2.02. The van der Waals surface area contributed by atoms with E-state index in [2.05, 4.69) is 0 Å². The van der Waals surface area contributed by atoms with Crippen molar-refractivity contribution in [1.29, 1.82) is 0 Å². The molecule has 0 fully saturated rings. The summed E-state index contributed by atoms with van der Waals surface area (Å²) in [5.74, 6) is 0. The van der Waals surface area contributed by atoms with Gasteiger partial charge in [0.1, 0.15) is 0 Å². The molecule has 0 aliphatic carbocycles. The summed E-state index contributed by atoms with van der Waals surface area (Å²) in [6, 6.07) is -0.0402. The van der Waals surface area contributed by atoms with Gasteiger partial charge in [0.05, 0.1) is 6.10 Å². The summed E-state index contributed by atoms with van der Waals surface area (Å²) >= 11 is 0. The van der Waals surface area contributed by atoms with Gasteiger partial charge in [0, 0.05) is 12.6 Å². The van der Waals surface area contributed by atoms with E-state index in [1.54, 1.807) is 0 Å². The maximum atomic E-state index is 9.22. The molecule has 0 saturated heterocycles. The van der Waals surface area contributed by atoms with Gasteiger partial charge in [-0.25, -0.2) is 0 Å². The van der Waals surface area contributed by atoms with Gasteiger partial charge in [0.2, 0.25) is 0 Å². The molecule has 0 radical (unpaired) electrons. The Morgan fingerprint density at radius 2 is 2.10 bits per heavy atom. The van der Waals surface area contributed by atoms with Crippen LogP contribution in [0.1, 0.15) is 26.2 Å². The van der Waals surface area contributed by atoms with Gasteiger partial charge in [-0.3, -0.25) is 0 Å². The molecule has 0 amide bonds. The second-order valence-corrected chi connectivity index (χ2v) is 2.67. The van der Waals surface area contributed by atoms with E-state index in [1.807, 2.05) is 6.92 Å². The van der Waals surface area contributed by atoms with Gasteiger partial charge in [-0.2, -0.15) is 0 Å². The Kier molecular flexibility index (Phi) is 5.58. The van der Waals surface area contributed by atoms with E-state index in [1.165, 1.54) is 0 Å². The van der Waals surface area contributed by atoms with Crippen molar-refractivity contribution in [3.05, 3.63) is 0 Å². The molecule has 0 aliphatic heterocycles. The molecule has 3 nitrogen and oxygen atoms in total. The fourth-order valence-electron chi connectivity index (χ4n) is 0.897. The number of aliphatic hydroxyl groups is 1. The Morgan fingerprint density at radius 3 is 2.50 bits per heavy atom. The van der Waals surface area contributed by atoms with Crippen LogP contribution in [0.2, 0.25) is 0 Å². The van der Waals surface area contributed by atoms with E-state index >= 15 is 0 Å². The van der Waals surface area contributed by atoms with E-state index in [0.717, 1.165) is 12.8 Å². The lowest BCUT2D eigenvalue weighted by atomic mass is 10.1. The molecule has 3 heteroatoms. The van der Waals surface area contributed by atoms with Gasteiger partial charge in [0.15, 0.2) is 0 Å². The normalized spacial score (nSPS) is 16.8. The Balaban J connectivity index is 3.27. The average Bonchev–Trinajstić information content (AvgIpc) is 1.88. The third-order valence-corrected chi connectivity index (χ3v) is 1.50. The van der Waals surface area contributed by atoms with Crippen LogP contribution in [-0.2, 0) is 0 Å². The Hall–Kier alpha value is -0.120. The van der Waals surface area contributed by atoms with Gasteiger partial charge in [-0.05, 0) is 12.8 Å². The molecule has 0 heterocycles. The lowest BCUT2D eigenvalue weighted by Crippen LogP contribution is -2.33. The Labute approximate surface area is 62.4 Å². The first-order valence-corrected chi connectivity index (χ1v) is 3.84. The number of hydrogen-bond donors (Lipinski definition) is 3. The molecule has 62 valence electrons. The Bertz CT molecular complexity index is 78.0. The van der Waals surface area contributed by atoms with Crippen LogP contribution in [-0.4, -0.2) is 23.8 Å². The quantitative estimate of drug-likeness (QED) is 0.504. The highest BCUT2D eigenvalue weighted by Gasteiger charge is 2.07. The molecule has 0 saturated carbocycles. The van der Waals surface area contributed by atoms with Crippen LogP contribution in [0.15, 0.2) is 0 Å². The number of aliphatic hydroxyl groups excluding tert-OH is 1. The SMILES string of the molecule is CCCC(O)CC(N)CN. The number of rotatable bonds is 5. The second kappa shape index (κ2) is 5.65. The summed E-state index contributed by atoms with van der Waals surface area (Å²) < 4.78 is 0. The van der Waals surface area contributed by atoms with E-state index in [0.29, 0.717) is 13.0 Å². The van der Waals surface area contributed by atoms with Crippen LogP contribution < -0.4 is 11.5 Å². The van der Waals surface area contributed by atoms with Crippen molar-refractivity contribution in [2.45, 2.75) is 38.3 Å². The van der Waals surface area contributed by atoms with Gasteiger partial charge < -0.3 is 16.6 Å². The summed E-state index contributed by atoms with van der Waals surface area (Å²) in [5, 5.41) is 9.22. The zero-order valence-electron chi connectivity index (χ0n) is 6.59. The summed E-state index contributed by atoms with van der Waals surface area (Å²) in [5.41, 5.74) is 10.8. The van der Waals surface area contributed by atoms with Crippen molar-refractivity contribution < 1.29 is 5.11 Å². The maximum absolute atomic E-state index is 9.22. The second-order valence-electron chi connectivity index (χ2n) is 2.67. The molecule has 0 bridgehead atoms. The van der Waals surface area contributed by atoms with Crippen molar-refractivity contribution in [1.82, 2.24) is 0 Å². The van der Waals surface area contributed by atoms with Crippen molar-refractivity contribution in [2.24, 2.45) is 11.5 Å². The predicted octanol–water partition coefficient (Wildman–Crippen LogP) is -0.176. The van der Waals surface area contributed by atoms with Crippen LogP contribution in [0, 0.1) is 0 Å². The molecule has 0 rings (SSSR count). The first kappa shape index (κ1) is 9.88. The van der Waals surface area contributed by atoms with Crippen molar-refractivity contribution in [3.8, 4) is 0 Å². The first-order chi connectivity index (χ1) is 4.70. The third-order valence-electron chi connectivity index (χ3n) is 1.50. The van der Waals surface area contributed by atoms with Crippen molar-refractivity contribution in [2.75, 3.05) is 6.54 Å². The summed E-state index contributed by atoms with van der Waals surface area (Å²) in [6.45, 7) is 2.50. The van der Waals surface area contributed by atoms with Gasteiger partial charge in [-0.15, -0.1) is 0 Å². The maximum Gasteiger partial charge on any atom is 0.0555 e. The molecule has 10 heavy (non-hydrogen) atoms. The minimum Gasteiger partial charge on any atom is -0.393 e. The van der Waals surface area contributed by atoms with Crippen molar-refractivity contribution in [3.63, 3.8) is 0 Å². The van der Waals surface area contributed by atoms with Gasteiger partial charge in [0.25, 0.3) is 0 Å². The van der Waals surface area contributed by atoms with Crippen LogP contribution >= 0.6 is 0 Å². The number of nitrogens with two attached hydrogens (primary N) is 2. The van der Waals surface area contributed by atoms with Crippen molar-refractivity contribution >= 4 is 0 Å². The zero-order valence-corrected chi connectivity index (χ0v) is 6.59. The summed E-state index contributed by atoms with van der Waals surface area (Å²) in [4.78, 5) is 0. The predicted molar refractivity (Wildman–Crippen MR) is 42.6 cm³/mol. The van der Waals surface area contributed by atoms with E-state index in [9.17, 15) is 5.11 Å². The molecule has 0 aliphatic rings. The molecule has 0 aromatic rings. The minimum absolute atomic E-state index is 0.0402. The molecule has 0 aromatic heterocycles. The molecule has 2 atom stereocenters. The molecule has 5 N–H and O–H groups in total. The minimum atomic E-state index is -0.261. The Morgan fingerprint density at radius 1 is 1.50 bits per heavy atom. The molecule has 0 spiro atoms. The van der Waals surface area contributed by atoms with Crippen LogP contribution in [0.5, 0.6) is 0 Å². The summed E-state index contributed by atoms with van der Waals surface area (Å²) in [6.07, 6.45) is 2.19.